The monoisotopic (exact) mass is 473 g/mol. The van der Waals surface area contributed by atoms with Gasteiger partial charge in [-0.25, -0.2) is 13.8 Å². The number of nitrogens with zero attached hydrogens (tertiary/aromatic N) is 2. The Morgan fingerprint density at radius 2 is 1.56 bits per heavy atom. The quantitative estimate of drug-likeness (QED) is 0.447. The average Bonchev–Trinajstić information content (AvgIpc) is 2.77. The molecular formula is C24H31N3O3S2. The summed E-state index contributed by atoms with van der Waals surface area (Å²) in [5, 5.41) is 4.32. The molecule has 0 bridgehead atoms. The Morgan fingerprint density at radius 1 is 0.969 bits per heavy atom. The molecule has 1 saturated carbocycles. The molecule has 1 amide bonds. The minimum absolute atomic E-state index is 0.148. The van der Waals surface area contributed by atoms with Crippen molar-refractivity contribution in [2.75, 3.05) is 17.1 Å². The highest BCUT2D eigenvalue weighted by molar-refractivity contribution is 7.98. The fourth-order valence-electron chi connectivity index (χ4n) is 3.63. The molecule has 0 atom stereocenters. The molecule has 0 saturated heterocycles. The third-order valence-corrected chi connectivity index (χ3v) is 8.06. The molecule has 172 valence electrons. The second-order valence-corrected chi connectivity index (χ2v) is 10.7. The lowest BCUT2D eigenvalue weighted by Gasteiger charge is -2.24. The van der Waals surface area contributed by atoms with E-state index in [-0.39, 0.29) is 11.4 Å². The first-order chi connectivity index (χ1) is 15.4. The van der Waals surface area contributed by atoms with Crippen LogP contribution in [-0.4, -0.2) is 32.8 Å². The number of nitrogens with one attached hydrogen (secondary N) is 1. The van der Waals surface area contributed by atoms with Crippen LogP contribution in [0.25, 0.3) is 0 Å². The van der Waals surface area contributed by atoms with Crippen molar-refractivity contribution in [1.82, 2.24) is 5.43 Å². The highest BCUT2D eigenvalue weighted by Crippen LogP contribution is 2.25. The number of aryl methyl sites for hydroxylation is 1. The van der Waals surface area contributed by atoms with E-state index in [2.05, 4.69) is 10.5 Å². The van der Waals surface area contributed by atoms with Crippen LogP contribution in [0.2, 0.25) is 0 Å². The maximum Gasteiger partial charge on any atom is 0.264 e. The van der Waals surface area contributed by atoms with Gasteiger partial charge in [-0.15, -0.1) is 11.8 Å². The van der Waals surface area contributed by atoms with Gasteiger partial charge in [0.1, 0.15) is 6.54 Å². The van der Waals surface area contributed by atoms with Crippen LogP contribution >= 0.6 is 11.8 Å². The van der Waals surface area contributed by atoms with E-state index in [9.17, 15) is 13.2 Å². The van der Waals surface area contributed by atoms with Gasteiger partial charge in [0.25, 0.3) is 15.9 Å². The zero-order chi connectivity index (χ0) is 23.0. The van der Waals surface area contributed by atoms with E-state index in [0.29, 0.717) is 5.69 Å². The van der Waals surface area contributed by atoms with Crippen LogP contribution in [-0.2, 0) is 14.8 Å². The fourth-order valence-corrected chi connectivity index (χ4v) is 5.46. The summed E-state index contributed by atoms with van der Waals surface area (Å²) < 4.78 is 28.0. The summed E-state index contributed by atoms with van der Waals surface area (Å²) >= 11 is 1.54. The number of hydrazone groups is 1. The van der Waals surface area contributed by atoms with E-state index < -0.39 is 15.9 Å². The first-order valence-electron chi connectivity index (χ1n) is 11.0. The van der Waals surface area contributed by atoms with E-state index in [0.717, 1.165) is 46.2 Å². The van der Waals surface area contributed by atoms with Crippen LogP contribution in [0.15, 0.2) is 63.4 Å². The number of anilines is 1. The number of amides is 1. The van der Waals surface area contributed by atoms with Gasteiger partial charge in [0.15, 0.2) is 0 Å². The highest BCUT2D eigenvalue weighted by atomic mass is 32.2. The molecule has 3 rings (SSSR count). The Balaban J connectivity index is 1.82. The molecule has 1 aliphatic carbocycles. The normalized spacial score (nSPS) is 14.9. The number of benzene rings is 2. The first-order valence-corrected chi connectivity index (χ1v) is 13.6. The van der Waals surface area contributed by atoms with Gasteiger partial charge in [-0.05, 0) is 75.3 Å². The lowest BCUT2D eigenvalue weighted by Crippen LogP contribution is -2.39. The van der Waals surface area contributed by atoms with Crippen LogP contribution in [0, 0.1) is 6.92 Å². The van der Waals surface area contributed by atoms with Gasteiger partial charge in [0, 0.05) is 10.6 Å². The van der Waals surface area contributed by atoms with Gasteiger partial charge < -0.3 is 0 Å². The zero-order valence-corrected chi connectivity index (χ0v) is 20.3. The van der Waals surface area contributed by atoms with Crippen LogP contribution in [0.3, 0.4) is 0 Å². The minimum atomic E-state index is -3.93. The van der Waals surface area contributed by atoms with Crippen LogP contribution < -0.4 is 9.73 Å². The summed E-state index contributed by atoms with van der Waals surface area (Å²) in [4.78, 5) is 13.9. The number of rotatable bonds is 7. The summed E-state index contributed by atoms with van der Waals surface area (Å²) in [6.45, 7) is 1.59. The summed E-state index contributed by atoms with van der Waals surface area (Å²) in [7, 11) is -3.93. The largest absolute Gasteiger partial charge is 0.271 e. The van der Waals surface area contributed by atoms with Gasteiger partial charge in [-0.2, -0.15) is 5.10 Å². The average molecular weight is 474 g/mol. The third kappa shape index (κ3) is 6.59. The first kappa shape index (κ1) is 24.3. The SMILES string of the molecule is CSc1ccc(S(=O)(=O)N(CC(=O)NN=C2CCCCCCC2)c2ccc(C)cc2)cc1. The van der Waals surface area contributed by atoms with Crippen LogP contribution in [0.5, 0.6) is 0 Å². The Kier molecular flexibility index (Phi) is 8.75. The lowest BCUT2D eigenvalue weighted by molar-refractivity contribution is -0.119. The molecule has 0 aromatic heterocycles. The highest BCUT2D eigenvalue weighted by Gasteiger charge is 2.27. The van der Waals surface area contributed by atoms with Crippen molar-refractivity contribution in [1.29, 1.82) is 0 Å². The van der Waals surface area contributed by atoms with Gasteiger partial charge in [0.2, 0.25) is 0 Å². The van der Waals surface area contributed by atoms with Crippen molar-refractivity contribution in [2.24, 2.45) is 5.10 Å². The van der Waals surface area contributed by atoms with E-state index in [1.807, 2.05) is 25.3 Å². The predicted molar refractivity (Wildman–Crippen MR) is 132 cm³/mol. The lowest BCUT2D eigenvalue weighted by atomic mass is 9.99. The maximum atomic E-state index is 13.4. The maximum absolute atomic E-state index is 13.4. The molecule has 1 fully saturated rings. The molecule has 0 heterocycles. The molecule has 0 unspecified atom stereocenters. The topological polar surface area (TPSA) is 78.8 Å². The third-order valence-electron chi connectivity index (χ3n) is 5.53. The second-order valence-electron chi connectivity index (χ2n) is 8.00. The summed E-state index contributed by atoms with van der Waals surface area (Å²) in [6.07, 6.45) is 9.45. The molecule has 1 N–H and O–H groups in total. The standard InChI is InChI=1S/C24H31N3O3S2/c1-19-10-12-21(13-11-19)27(32(29,30)23-16-14-22(31-2)15-17-23)18-24(28)26-25-20-8-6-4-3-5-7-9-20/h10-17H,3-9,18H2,1-2H3,(H,26,28). The molecule has 0 aliphatic heterocycles. The predicted octanol–water partition coefficient (Wildman–Crippen LogP) is 5.13. The number of carbonyl (C=O) groups excluding carboxylic acids is 1. The van der Waals surface area contributed by atoms with E-state index in [1.165, 1.54) is 19.3 Å². The fraction of sp³-hybridized carbons (Fsp3) is 0.417. The number of hydrogen-bond donors (Lipinski definition) is 1. The summed E-state index contributed by atoms with van der Waals surface area (Å²) in [6, 6.07) is 13.8. The molecular weight excluding hydrogens is 442 g/mol. The number of sulfonamides is 1. The van der Waals surface area contributed by atoms with Crippen molar-refractivity contribution in [3.63, 3.8) is 0 Å². The molecule has 32 heavy (non-hydrogen) atoms. The van der Waals surface area contributed by atoms with Crippen molar-refractivity contribution >= 4 is 39.1 Å². The second kappa shape index (κ2) is 11.5. The van der Waals surface area contributed by atoms with Gasteiger partial charge >= 0.3 is 0 Å². The van der Waals surface area contributed by atoms with Crippen molar-refractivity contribution < 1.29 is 13.2 Å². The van der Waals surface area contributed by atoms with Gasteiger partial charge in [-0.1, -0.05) is 37.0 Å². The Hall–Kier alpha value is -2.32. The van der Waals surface area contributed by atoms with Gasteiger partial charge in [0.05, 0.1) is 10.6 Å². The minimum Gasteiger partial charge on any atom is -0.271 e. The Bertz CT molecular complexity index is 1020. The van der Waals surface area contributed by atoms with E-state index in [4.69, 9.17) is 0 Å². The summed E-state index contributed by atoms with van der Waals surface area (Å²) in [5.74, 6) is -0.454. The molecule has 8 heteroatoms. The van der Waals surface area contributed by atoms with E-state index in [1.54, 1.807) is 48.2 Å². The van der Waals surface area contributed by atoms with Gasteiger partial charge in [-0.3, -0.25) is 9.10 Å². The number of carbonyl (C=O) groups is 1. The molecule has 0 spiro atoms. The molecule has 0 radical (unpaired) electrons. The van der Waals surface area contributed by atoms with E-state index >= 15 is 0 Å². The smallest absolute Gasteiger partial charge is 0.264 e. The molecule has 2 aromatic rings. The summed E-state index contributed by atoms with van der Waals surface area (Å²) in [5.41, 5.74) is 5.03. The Morgan fingerprint density at radius 3 is 2.16 bits per heavy atom. The number of thioether (sulfide) groups is 1. The molecule has 6 nitrogen and oxygen atoms in total. The van der Waals surface area contributed by atoms with Crippen LogP contribution in [0.4, 0.5) is 5.69 Å². The van der Waals surface area contributed by atoms with Crippen LogP contribution in [0.1, 0.15) is 50.5 Å². The van der Waals surface area contributed by atoms with Crippen molar-refractivity contribution in [3.05, 3.63) is 54.1 Å². The molecule has 2 aromatic carbocycles. The van der Waals surface area contributed by atoms with Crippen molar-refractivity contribution in [2.45, 2.75) is 61.7 Å². The zero-order valence-electron chi connectivity index (χ0n) is 18.7. The molecule has 1 aliphatic rings. The Labute approximate surface area is 195 Å². The number of hydrogen-bond acceptors (Lipinski definition) is 5. The van der Waals surface area contributed by atoms with Crippen molar-refractivity contribution in [3.8, 4) is 0 Å².